The summed E-state index contributed by atoms with van der Waals surface area (Å²) in [5.41, 5.74) is 5.18. The van der Waals surface area contributed by atoms with Crippen LogP contribution in [0.4, 0.5) is 21.5 Å². The smallest absolute Gasteiger partial charge is 0.250 e. The van der Waals surface area contributed by atoms with E-state index in [0.29, 0.717) is 87.5 Å². The van der Waals surface area contributed by atoms with Crippen molar-refractivity contribution in [3.63, 3.8) is 0 Å². The molecule has 2 fully saturated rings. The average molecular weight is 922 g/mol. The Balaban J connectivity index is 0.999. The number of nitrogens with zero attached hydrogens (tertiary/aromatic N) is 5. The molecule has 354 valence electrons. The zero-order valence-electron chi connectivity index (χ0n) is 39.1. The van der Waals surface area contributed by atoms with Gasteiger partial charge in [-0.3, -0.25) is 28.8 Å². The summed E-state index contributed by atoms with van der Waals surface area (Å²) in [6.45, 7) is 8.96. The summed E-state index contributed by atoms with van der Waals surface area (Å²) in [6, 6.07) is 36.5. The fourth-order valence-corrected chi connectivity index (χ4v) is 9.45. The predicted octanol–water partition coefficient (Wildman–Crippen LogP) is 8.11. The van der Waals surface area contributed by atoms with Crippen molar-refractivity contribution in [3.05, 3.63) is 162 Å². The Hall–Kier alpha value is -7.35. The second-order valence-electron chi connectivity index (χ2n) is 17.3. The van der Waals surface area contributed by atoms with Crippen LogP contribution in [-0.2, 0) is 41.9 Å². The number of amides is 6. The Morgan fingerprint density at radius 3 is 1.29 bits per heavy atom. The van der Waals surface area contributed by atoms with Crippen molar-refractivity contribution in [2.24, 2.45) is 0 Å². The number of carbonyl (C=O) groups is 6. The number of likely N-dealkylation sites (tertiary alicyclic amines) is 2. The molecule has 4 atom stereocenters. The molecule has 2 N–H and O–H groups in total. The molecule has 2 heterocycles. The van der Waals surface area contributed by atoms with Gasteiger partial charge in [-0.1, -0.05) is 84.9 Å². The van der Waals surface area contributed by atoms with E-state index in [-0.39, 0.29) is 41.3 Å². The van der Waals surface area contributed by atoms with Gasteiger partial charge in [-0.25, -0.2) is 4.39 Å². The maximum Gasteiger partial charge on any atom is 0.250 e. The van der Waals surface area contributed by atoms with Crippen LogP contribution in [0.15, 0.2) is 133 Å². The maximum absolute atomic E-state index is 14.2. The molecular formula is C54H60FN7O6. The van der Waals surface area contributed by atoms with Crippen molar-refractivity contribution in [2.45, 2.75) is 90.6 Å². The molecule has 2 aliphatic heterocycles. The number of carbonyl (C=O) groups excluding carboxylic acids is 6. The summed E-state index contributed by atoms with van der Waals surface area (Å²) < 4.78 is 14.1. The number of anilines is 3. The molecule has 2 aliphatic rings. The lowest BCUT2D eigenvalue weighted by Gasteiger charge is -2.34. The number of rotatable bonds is 17. The van der Waals surface area contributed by atoms with Crippen molar-refractivity contribution in [3.8, 4) is 0 Å². The fraction of sp³-hybridized carbons (Fsp3) is 0.333. The van der Waals surface area contributed by atoms with Gasteiger partial charge in [0.05, 0.1) is 0 Å². The number of likely N-dealkylation sites (N-methyl/N-ethyl adjacent to an activating group) is 2. The van der Waals surface area contributed by atoms with Gasteiger partial charge in [-0.2, -0.15) is 0 Å². The molecular weight excluding hydrogens is 862 g/mol. The van der Waals surface area contributed by atoms with Gasteiger partial charge in [0.2, 0.25) is 23.6 Å². The van der Waals surface area contributed by atoms with Gasteiger partial charge in [-0.15, -0.1) is 0 Å². The predicted molar refractivity (Wildman–Crippen MR) is 260 cm³/mol. The molecule has 6 amide bonds. The van der Waals surface area contributed by atoms with Crippen LogP contribution in [0.1, 0.15) is 87.7 Å². The molecule has 13 nitrogen and oxygen atoms in total. The van der Waals surface area contributed by atoms with E-state index in [0.717, 1.165) is 16.8 Å². The van der Waals surface area contributed by atoms with Crippen LogP contribution < -0.4 is 15.5 Å². The van der Waals surface area contributed by atoms with Crippen LogP contribution in [0, 0.1) is 5.82 Å². The molecule has 0 saturated carbocycles. The molecule has 0 aromatic heterocycles. The van der Waals surface area contributed by atoms with Gasteiger partial charge in [-0.05, 0) is 110 Å². The maximum atomic E-state index is 14.2. The zero-order valence-corrected chi connectivity index (χ0v) is 39.1. The third-order valence-electron chi connectivity index (χ3n) is 12.9. The molecule has 68 heavy (non-hydrogen) atoms. The van der Waals surface area contributed by atoms with Gasteiger partial charge in [0, 0.05) is 70.2 Å². The zero-order chi connectivity index (χ0) is 48.3. The Bertz CT molecular complexity index is 2390. The summed E-state index contributed by atoms with van der Waals surface area (Å²) in [6.07, 6.45) is 2.32. The van der Waals surface area contributed by atoms with Gasteiger partial charge in [0.25, 0.3) is 11.8 Å². The first-order valence-corrected chi connectivity index (χ1v) is 23.4. The van der Waals surface area contributed by atoms with Gasteiger partial charge in [0.15, 0.2) is 0 Å². The monoisotopic (exact) mass is 921 g/mol. The first-order valence-electron chi connectivity index (χ1n) is 23.4. The van der Waals surface area contributed by atoms with Crippen LogP contribution >= 0.6 is 0 Å². The number of hydrogen-bond acceptors (Lipinski definition) is 7. The van der Waals surface area contributed by atoms with Gasteiger partial charge < -0.3 is 35.1 Å². The molecule has 5 aromatic rings. The molecule has 0 radical (unpaired) electrons. The highest BCUT2D eigenvalue weighted by Gasteiger charge is 2.42. The normalized spacial score (nSPS) is 16.4. The first kappa shape index (κ1) is 48.6. The third-order valence-corrected chi connectivity index (χ3v) is 12.9. The van der Waals surface area contributed by atoms with Crippen molar-refractivity contribution < 1.29 is 33.2 Å². The minimum atomic E-state index is -0.840. The lowest BCUT2D eigenvalue weighted by molar-refractivity contribution is -0.147. The van der Waals surface area contributed by atoms with Crippen molar-refractivity contribution in [2.75, 3.05) is 41.7 Å². The highest BCUT2D eigenvalue weighted by atomic mass is 19.1. The summed E-state index contributed by atoms with van der Waals surface area (Å²) in [4.78, 5) is 89.6. The largest absolute Gasteiger partial charge is 0.363 e. The summed E-state index contributed by atoms with van der Waals surface area (Å²) in [5.74, 6) is -1.96. The quantitative estimate of drug-likeness (QED) is 0.0960. The van der Waals surface area contributed by atoms with Crippen molar-refractivity contribution in [1.29, 1.82) is 0 Å². The minimum Gasteiger partial charge on any atom is -0.363 e. The molecule has 7 rings (SSSR count). The topological polar surface area (TPSA) is 143 Å². The van der Waals surface area contributed by atoms with Gasteiger partial charge >= 0.3 is 0 Å². The number of halogens is 1. The molecule has 2 saturated heterocycles. The van der Waals surface area contributed by atoms with E-state index in [1.54, 1.807) is 21.9 Å². The Morgan fingerprint density at radius 1 is 0.559 bits per heavy atom. The van der Waals surface area contributed by atoms with E-state index in [2.05, 4.69) is 15.5 Å². The van der Waals surface area contributed by atoms with Crippen LogP contribution in [0.5, 0.6) is 0 Å². The number of hydrogen-bond donors (Lipinski definition) is 2. The molecule has 0 spiro atoms. The third kappa shape index (κ3) is 11.4. The standard InChI is InChI=1S/C54H60FN7O6/c1-5-59(37(3)63)49(41-15-9-7-10-16-41)53(67)61-33-13-19-47(61)51(65)56-44-27-21-39(22-28-44)35-58(46-31-25-43(55)26-32-46)36-40-23-29-45(30-24-40)57-52(66)48-20-14-34-62(48)54(68)50(60(6-2)38(4)64)42-17-11-8-12-18-42/h7-12,15-18,21-32,47-50H,5-6,13-14,19-20,33-36H2,1-4H3,(H,56,65)(H,57,66)/t47-,48?,49+,50+/m0/s1. The van der Waals surface area contributed by atoms with Crippen molar-refractivity contribution >= 4 is 52.5 Å². The van der Waals surface area contributed by atoms with Crippen LogP contribution in [0.25, 0.3) is 0 Å². The summed E-state index contributed by atoms with van der Waals surface area (Å²) in [7, 11) is 0. The van der Waals surface area contributed by atoms with Crippen LogP contribution in [0.3, 0.4) is 0 Å². The number of nitrogens with one attached hydrogen (secondary N) is 2. The lowest BCUT2D eigenvalue weighted by Crippen LogP contribution is -2.49. The summed E-state index contributed by atoms with van der Waals surface area (Å²) >= 11 is 0. The van der Waals surface area contributed by atoms with Gasteiger partial charge in [0.1, 0.15) is 30.0 Å². The van der Waals surface area contributed by atoms with E-state index in [9.17, 15) is 33.2 Å². The average Bonchev–Trinajstić information content (AvgIpc) is 4.05. The highest BCUT2D eigenvalue weighted by molar-refractivity contribution is 6.00. The lowest BCUT2D eigenvalue weighted by atomic mass is 10.0. The Labute approximate surface area is 397 Å². The van der Waals surface area contributed by atoms with Crippen LogP contribution in [-0.4, -0.2) is 93.3 Å². The van der Waals surface area contributed by atoms with E-state index in [1.807, 2.05) is 123 Å². The van der Waals surface area contributed by atoms with E-state index < -0.39 is 24.2 Å². The van der Waals surface area contributed by atoms with E-state index in [4.69, 9.17) is 0 Å². The second kappa shape index (κ2) is 22.4. The molecule has 0 aliphatic carbocycles. The van der Waals surface area contributed by atoms with E-state index in [1.165, 1.54) is 35.8 Å². The number of benzene rings is 5. The minimum absolute atomic E-state index is 0.222. The molecule has 5 aromatic carbocycles. The highest BCUT2D eigenvalue weighted by Crippen LogP contribution is 2.31. The molecule has 0 bridgehead atoms. The van der Waals surface area contributed by atoms with E-state index >= 15 is 0 Å². The van der Waals surface area contributed by atoms with Crippen molar-refractivity contribution in [1.82, 2.24) is 19.6 Å². The van der Waals surface area contributed by atoms with Crippen LogP contribution in [0.2, 0.25) is 0 Å². The Morgan fingerprint density at radius 2 is 0.941 bits per heavy atom. The second-order valence-corrected chi connectivity index (χ2v) is 17.3. The Kier molecular flexibility index (Phi) is 16.0. The summed E-state index contributed by atoms with van der Waals surface area (Å²) in [5, 5.41) is 6.01. The fourth-order valence-electron chi connectivity index (χ4n) is 9.45. The molecule has 1 unspecified atom stereocenters. The SMILES string of the molecule is CCN(C(C)=O)[C@@H](C(=O)N1CCCC1C(=O)Nc1ccc(CN(Cc2ccc(NC(=O)[C@@H]3CCCN3C(=O)[C@@H](c3ccccc3)N(CC)C(C)=O)cc2)c2ccc(F)cc2)cc1)c1ccccc1. The molecule has 14 heteroatoms. The first-order chi connectivity index (χ1) is 32.9.